The quantitative estimate of drug-likeness (QED) is 0.108. The lowest BCUT2D eigenvalue weighted by Crippen LogP contribution is -2.45. The van der Waals surface area contributed by atoms with Gasteiger partial charge in [-0.05, 0) is 48.8 Å². The molecule has 0 bridgehead atoms. The highest BCUT2D eigenvalue weighted by Gasteiger charge is 2.38. The molecule has 0 saturated carbocycles. The lowest BCUT2D eigenvalue weighted by Gasteiger charge is -2.23. The second-order valence-electron chi connectivity index (χ2n) is 11.9. The van der Waals surface area contributed by atoms with Crippen molar-refractivity contribution in [1.29, 1.82) is 0 Å². The normalized spacial score (nSPS) is 14.0. The van der Waals surface area contributed by atoms with E-state index in [0.29, 0.717) is 0 Å². The zero-order valence-corrected chi connectivity index (χ0v) is 29.9. The van der Waals surface area contributed by atoms with E-state index in [1.165, 1.54) is 39.3 Å². The van der Waals surface area contributed by atoms with Gasteiger partial charge in [-0.25, -0.2) is 26.8 Å². The molecule has 0 fully saturated rings. The average molecular weight is 797 g/mol. The number of benzene rings is 1. The Kier molecular flexibility index (Phi) is 11.3. The third-order valence-electron chi connectivity index (χ3n) is 8.44. The molecule has 0 atom stereocenters. The number of imidazole rings is 2. The van der Waals surface area contributed by atoms with Crippen LogP contribution in [0.25, 0.3) is 46.8 Å². The third kappa shape index (κ3) is 8.95. The molecule has 6 heterocycles. The third-order valence-corrected chi connectivity index (χ3v) is 9.58. The van der Waals surface area contributed by atoms with Crippen LogP contribution < -0.4 is 9.13 Å². The van der Waals surface area contributed by atoms with E-state index in [-0.39, 0.29) is 0 Å². The predicted octanol–water partition coefficient (Wildman–Crippen LogP) is 5.21. The van der Waals surface area contributed by atoms with E-state index in [0.717, 1.165) is 54.3 Å². The van der Waals surface area contributed by atoms with Gasteiger partial charge in [0.15, 0.2) is 39.5 Å². The number of pyridine rings is 2. The molecule has 2 N–H and O–H groups in total. The number of alkyl halides is 6. The number of nitrogens with zero attached hydrogens (tertiary/aromatic N) is 4. The number of hydrogen-bond acceptors (Lipinski definition) is 8. The van der Waals surface area contributed by atoms with Gasteiger partial charge in [0.05, 0.1) is 46.6 Å². The number of H-pyrrole nitrogens is 2. The summed E-state index contributed by atoms with van der Waals surface area (Å²) < 4.78 is 123. The van der Waals surface area contributed by atoms with Gasteiger partial charge in [-0.2, -0.15) is 35.5 Å². The zero-order chi connectivity index (χ0) is 39.6. The summed E-state index contributed by atoms with van der Waals surface area (Å²) in [5.41, 5.74) is 3.29. The van der Waals surface area contributed by atoms with Gasteiger partial charge >= 0.3 is 11.0 Å². The Morgan fingerprint density at radius 2 is 1.20 bits per heavy atom. The van der Waals surface area contributed by atoms with Crippen LogP contribution in [0.5, 0.6) is 0 Å². The SMILES string of the molecule is Cc1nc[nH]c1/C=C/c1cc(/C=C/c2[nH]cnc2C)[n+]2c(c1)-c1c(ccc3c1-c1cccc[n+]1CC3)CC2.O=S(=O)([O-])C(F)(F)F.O=S(=O)([O-])C(F)(F)F. The van der Waals surface area contributed by atoms with E-state index < -0.39 is 31.3 Å². The molecule has 2 aliphatic heterocycles. The molecule has 1 aromatic carbocycles. The molecule has 7 rings (SSSR count). The van der Waals surface area contributed by atoms with Gasteiger partial charge in [-0.3, -0.25) is 0 Å². The molecule has 54 heavy (non-hydrogen) atoms. The Hall–Kier alpha value is -5.18. The van der Waals surface area contributed by atoms with Crippen molar-refractivity contribution in [2.45, 2.75) is 50.8 Å². The lowest BCUT2D eigenvalue weighted by molar-refractivity contribution is -0.690. The van der Waals surface area contributed by atoms with Crippen molar-refractivity contribution < 1.29 is 61.4 Å². The van der Waals surface area contributed by atoms with Crippen molar-refractivity contribution in [3.8, 4) is 22.5 Å². The summed E-state index contributed by atoms with van der Waals surface area (Å²) in [6, 6.07) is 15.9. The number of hydrogen-bond donors (Lipinski definition) is 2. The molecule has 4 aromatic heterocycles. The standard InChI is InChI=1S/C32H29N6.2CHF3O3S/c1-21-27(35-19-33-21)10-6-23-17-26(9-11-28-22(2)34-20-36-28)38-16-13-25-8-7-24-12-15-37-14-4-3-5-29(37)31(24)32(25)30(38)18-23;2*2-1(3,4)8(5,6)7/h3-11,14,17-20H,12-13,15-16H2,1-2H3,(H,33,34,35,36);2*(H,5,6,7)/q+1;;/p-1. The van der Waals surface area contributed by atoms with Gasteiger partial charge in [0.2, 0.25) is 17.1 Å². The van der Waals surface area contributed by atoms with Gasteiger partial charge in [0.1, 0.15) is 0 Å². The van der Waals surface area contributed by atoms with Crippen molar-refractivity contribution in [3.05, 3.63) is 106 Å². The first kappa shape index (κ1) is 40.0. The van der Waals surface area contributed by atoms with E-state index in [9.17, 15) is 26.3 Å². The highest BCUT2D eigenvalue weighted by atomic mass is 32.2. The Bertz CT molecular complexity index is 2430. The van der Waals surface area contributed by atoms with Crippen LogP contribution in [0.3, 0.4) is 0 Å². The predicted molar refractivity (Wildman–Crippen MR) is 181 cm³/mol. The first-order valence-corrected chi connectivity index (χ1v) is 18.6. The number of aromatic amines is 2. The monoisotopic (exact) mass is 796 g/mol. The Balaban J connectivity index is 0.000000295. The number of nitrogens with one attached hydrogen (secondary N) is 2. The van der Waals surface area contributed by atoms with E-state index >= 15 is 0 Å². The number of halogens is 6. The van der Waals surface area contributed by atoms with Gasteiger partial charge in [-0.15, -0.1) is 0 Å². The maximum atomic E-state index is 10.7. The fourth-order valence-electron chi connectivity index (χ4n) is 5.85. The van der Waals surface area contributed by atoms with Crippen molar-refractivity contribution in [2.24, 2.45) is 0 Å². The van der Waals surface area contributed by atoms with E-state index in [4.69, 9.17) is 25.9 Å². The molecule has 0 spiro atoms. The first-order valence-electron chi connectivity index (χ1n) is 15.8. The topological polar surface area (TPSA) is 180 Å². The number of aromatic nitrogens is 6. The summed E-state index contributed by atoms with van der Waals surface area (Å²) in [4.78, 5) is 15.2. The Morgan fingerprint density at radius 3 is 1.70 bits per heavy atom. The van der Waals surface area contributed by atoms with Gasteiger partial charge in [0, 0.05) is 43.2 Å². The number of fused-ring (bicyclic) bond motifs is 7. The minimum absolute atomic E-state index is 0.946. The Morgan fingerprint density at radius 1 is 0.704 bits per heavy atom. The summed E-state index contributed by atoms with van der Waals surface area (Å²) in [5, 5.41) is 0. The fraction of sp³-hybridized carbons (Fsp3) is 0.235. The van der Waals surface area contributed by atoms with Crippen molar-refractivity contribution in [3.63, 3.8) is 0 Å². The molecule has 0 aliphatic carbocycles. The minimum Gasteiger partial charge on any atom is -0.741 e. The Labute approximate surface area is 305 Å². The summed E-state index contributed by atoms with van der Waals surface area (Å²) in [5.74, 6) is 0. The van der Waals surface area contributed by atoms with Gasteiger partial charge in [0.25, 0.3) is 0 Å². The first-order chi connectivity index (χ1) is 25.2. The van der Waals surface area contributed by atoms with Crippen LogP contribution in [-0.4, -0.2) is 56.9 Å². The maximum Gasteiger partial charge on any atom is 0.485 e. The van der Waals surface area contributed by atoms with Crippen molar-refractivity contribution in [2.75, 3.05) is 0 Å². The molecule has 286 valence electrons. The molecule has 0 unspecified atom stereocenters. The minimum atomic E-state index is -6.09. The van der Waals surface area contributed by atoms with Crippen LogP contribution in [-0.2, 0) is 46.2 Å². The highest BCUT2D eigenvalue weighted by molar-refractivity contribution is 7.86. The molecular formula is C34H30F6N6O6S2. The second-order valence-corrected chi connectivity index (χ2v) is 14.7. The molecule has 0 radical (unpaired) electrons. The van der Waals surface area contributed by atoms with E-state index in [2.05, 4.69) is 102 Å². The molecule has 0 saturated heterocycles. The van der Waals surface area contributed by atoms with E-state index in [1.807, 2.05) is 13.8 Å². The number of aryl methyl sites for hydroxylation is 5. The molecule has 5 aromatic rings. The van der Waals surface area contributed by atoms with E-state index in [1.54, 1.807) is 12.7 Å². The molecule has 12 nitrogen and oxygen atoms in total. The zero-order valence-electron chi connectivity index (χ0n) is 28.2. The van der Waals surface area contributed by atoms with Crippen molar-refractivity contribution >= 4 is 44.5 Å². The largest absolute Gasteiger partial charge is 0.741 e. The van der Waals surface area contributed by atoms with Crippen molar-refractivity contribution in [1.82, 2.24) is 19.9 Å². The summed E-state index contributed by atoms with van der Waals surface area (Å²) in [6.45, 7) is 6.02. The summed E-state index contributed by atoms with van der Waals surface area (Å²) in [7, 11) is -12.2. The second kappa shape index (κ2) is 15.3. The van der Waals surface area contributed by atoms with Crippen LogP contribution >= 0.6 is 0 Å². The average Bonchev–Trinajstić information content (AvgIpc) is 3.70. The molecule has 2 aliphatic rings. The van der Waals surface area contributed by atoms with Crippen LogP contribution in [0.1, 0.15) is 45.2 Å². The van der Waals surface area contributed by atoms with Gasteiger partial charge in [-0.1, -0.05) is 18.2 Å². The van der Waals surface area contributed by atoms with Gasteiger partial charge < -0.3 is 19.1 Å². The molecule has 0 amide bonds. The van der Waals surface area contributed by atoms with Crippen LogP contribution in [0.2, 0.25) is 0 Å². The van der Waals surface area contributed by atoms with Crippen LogP contribution in [0, 0.1) is 13.8 Å². The lowest BCUT2D eigenvalue weighted by atomic mass is 9.84. The summed E-state index contributed by atoms with van der Waals surface area (Å²) >= 11 is 0. The maximum absolute atomic E-state index is 10.7. The number of rotatable bonds is 4. The summed E-state index contributed by atoms with van der Waals surface area (Å²) in [6.07, 6.45) is 16.4. The molecular weight excluding hydrogens is 767 g/mol. The fourth-order valence-corrected chi connectivity index (χ4v) is 5.85. The molecule has 20 heteroatoms. The van der Waals surface area contributed by atoms with Crippen LogP contribution in [0.4, 0.5) is 26.3 Å². The van der Waals surface area contributed by atoms with Crippen LogP contribution in [0.15, 0.2) is 61.3 Å². The smallest absolute Gasteiger partial charge is 0.485 e. The highest BCUT2D eigenvalue weighted by Crippen LogP contribution is 2.39.